The molecule has 1 aromatic rings. The summed E-state index contributed by atoms with van der Waals surface area (Å²) >= 11 is 1.36. The van der Waals surface area contributed by atoms with E-state index in [4.69, 9.17) is 18.9 Å². The molecule has 8 nitrogen and oxygen atoms in total. The van der Waals surface area contributed by atoms with Crippen molar-refractivity contribution in [2.24, 2.45) is 13.0 Å². The average molecular weight is 492 g/mol. The molecule has 6 atom stereocenters. The van der Waals surface area contributed by atoms with E-state index in [-0.39, 0.29) is 29.5 Å². The maximum atomic E-state index is 12.5. The first kappa shape index (κ1) is 25.2. The van der Waals surface area contributed by atoms with Gasteiger partial charge in [-0.2, -0.15) is 0 Å². The molecule has 3 heterocycles. The van der Waals surface area contributed by atoms with Crippen molar-refractivity contribution in [3.05, 3.63) is 36.2 Å². The maximum absolute atomic E-state index is 12.5. The van der Waals surface area contributed by atoms with Crippen molar-refractivity contribution in [1.82, 2.24) is 5.32 Å². The lowest BCUT2D eigenvalue weighted by molar-refractivity contribution is -0.671. The summed E-state index contributed by atoms with van der Waals surface area (Å²) in [5, 5.41) is 2.35. The van der Waals surface area contributed by atoms with Gasteiger partial charge in [0.15, 0.2) is 12.4 Å². The average Bonchev–Trinajstić information content (AvgIpc) is 3.70. The molecule has 9 heteroatoms. The van der Waals surface area contributed by atoms with Crippen molar-refractivity contribution in [1.29, 1.82) is 0 Å². The number of carbonyl (C=O) groups is 2. The van der Waals surface area contributed by atoms with Crippen LogP contribution in [-0.2, 0) is 30.8 Å². The monoisotopic (exact) mass is 491 g/mol. The van der Waals surface area contributed by atoms with Gasteiger partial charge < -0.3 is 18.9 Å². The van der Waals surface area contributed by atoms with Gasteiger partial charge in [0.25, 0.3) is 0 Å². The number of hydrogen-bond donors (Lipinski definition) is 1. The Morgan fingerprint density at radius 1 is 1.32 bits per heavy atom. The van der Waals surface area contributed by atoms with E-state index in [0.717, 1.165) is 17.7 Å². The highest BCUT2D eigenvalue weighted by atomic mass is 32.2. The molecular weight excluding hydrogens is 456 g/mol. The first-order valence-corrected chi connectivity index (χ1v) is 12.7. The van der Waals surface area contributed by atoms with Crippen LogP contribution >= 0.6 is 11.8 Å². The minimum absolute atomic E-state index is 0.0576. The summed E-state index contributed by atoms with van der Waals surface area (Å²) in [6, 6.07) is 3.84. The van der Waals surface area contributed by atoms with E-state index in [0.29, 0.717) is 13.0 Å². The van der Waals surface area contributed by atoms with Gasteiger partial charge in [0.05, 0.1) is 24.4 Å². The van der Waals surface area contributed by atoms with Crippen molar-refractivity contribution in [3.8, 4) is 0 Å². The van der Waals surface area contributed by atoms with Crippen molar-refractivity contribution in [3.63, 3.8) is 0 Å². The number of ether oxygens (including phenoxy) is 4. The number of hydrogen-bond acceptors (Lipinski definition) is 7. The molecule has 1 aromatic heterocycles. The molecule has 2 aliphatic heterocycles. The zero-order chi connectivity index (χ0) is 24.5. The molecular formula is C25H35N2O6S+. The normalized spacial score (nSPS) is 33.8. The standard InChI is InChI=1S/C25H34N2O6S/c1-16(2)6-7-19-24(3,33-19)22-21(30-5)18(8-11-25(22)15-31-25)32-23(29)26-20(28)14-34-17-9-12-27(4)13-10-17/h6,9-10,12-13,18-19,21-22H,7-8,11,14-15H2,1-5H3/p+1. The number of pyridine rings is 1. The highest BCUT2D eigenvalue weighted by molar-refractivity contribution is 8.00. The van der Waals surface area contributed by atoms with Crippen LogP contribution in [0.25, 0.3) is 0 Å². The number of epoxide rings is 2. The number of amides is 2. The summed E-state index contributed by atoms with van der Waals surface area (Å²) in [6.45, 7) is 6.92. The Labute approximate surface area is 205 Å². The molecule has 4 rings (SSSR count). The zero-order valence-electron chi connectivity index (χ0n) is 20.5. The van der Waals surface area contributed by atoms with E-state index in [1.165, 1.54) is 17.3 Å². The van der Waals surface area contributed by atoms with Crippen LogP contribution in [0.4, 0.5) is 4.79 Å². The molecule has 6 unspecified atom stereocenters. The number of thioether (sulfide) groups is 1. The molecule has 1 aliphatic carbocycles. The number of nitrogens with one attached hydrogen (secondary N) is 1. The summed E-state index contributed by atoms with van der Waals surface area (Å²) in [7, 11) is 3.56. The Morgan fingerprint density at radius 3 is 2.65 bits per heavy atom. The van der Waals surface area contributed by atoms with Crippen LogP contribution in [0.15, 0.2) is 41.1 Å². The molecule has 1 saturated carbocycles. The second kappa shape index (κ2) is 9.97. The van der Waals surface area contributed by atoms with E-state index < -0.39 is 23.7 Å². The number of aromatic nitrogens is 1. The van der Waals surface area contributed by atoms with Crippen LogP contribution in [0, 0.1) is 5.92 Å². The number of methoxy groups -OCH3 is 1. The third-order valence-electron chi connectivity index (χ3n) is 7.05. The van der Waals surface area contributed by atoms with E-state index >= 15 is 0 Å². The van der Waals surface area contributed by atoms with Gasteiger partial charge in [0.1, 0.15) is 30.5 Å². The smallest absolute Gasteiger partial charge is 0.414 e. The molecule has 2 saturated heterocycles. The minimum Gasteiger partial charge on any atom is -0.443 e. The Bertz CT molecular complexity index is 943. The quantitative estimate of drug-likeness (QED) is 0.259. The second-order valence-electron chi connectivity index (χ2n) is 9.86. The summed E-state index contributed by atoms with van der Waals surface area (Å²) in [5.41, 5.74) is 0.564. The molecule has 0 bridgehead atoms. The van der Waals surface area contributed by atoms with Crippen molar-refractivity contribution in [2.75, 3.05) is 19.5 Å². The lowest BCUT2D eigenvalue weighted by atomic mass is 9.68. The lowest BCUT2D eigenvalue weighted by Gasteiger charge is -2.42. The first-order chi connectivity index (χ1) is 16.2. The molecule has 34 heavy (non-hydrogen) atoms. The van der Waals surface area contributed by atoms with Gasteiger partial charge >= 0.3 is 6.09 Å². The fourth-order valence-corrected chi connectivity index (χ4v) is 5.80. The van der Waals surface area contributed by atoms with E-state index in [9.17, 15) is 9.59 Å². The first-order valence-electron chi connectivity index (χ1n) is 11.7. The number of alkyl carbamates (subject to hydrolysis) is 1. The molecule has 0 aromatic carbocycles. The molecule has 2 amide bonds. The largest absolute Gasteiger partial charge is 0.443 e. The van der Waals surface area contributed by atoms with Crippen LogP contribution < -0.4 is 9.88 Å². The van der Waals surface area contributed by atoms with Gasteiger partial charge in [-0.1, -0.05) is 11.6 Å². The van der Waals surface area contributed by atoms with Gasteiger partial charge in [-0.15, -0.1) is 11.8 Å². The Kier molecular flexibility index (Phi) is 7.38. The van der Waals surface area contributed by atoms with E-state index in [1.807, 2.05) is 36.1 Å². The fraction of sp³-hybridized carbons (Fsp3) is 0.640. The highest BCUT2D eigenvalue weighted by Gasteiger charge is 2.72. The molecule has 1 N–H and O–H groups in total. The number of allylic oxidation sites excluding steroid dienone is 1. The lowest BCUT2D eigenvalue weighted by Crippen LogP contribution is -2.56. The van der Waals surface area contributed by atoms with Gasteiger partial charge in [0.2, 0.25) is 5.91 Å². The predicted octanol–water partition coefficient (Wildman–Crippen LogP) is 2.93. The summed E-state index contributed by atoms with van der Waals surface area (Å²) in [6.07, 6.45) is 6.68. The van der Waals surface area contributed by atoms with Crippen LogP contribution in [-0.4, -0.2) is 61.0 Å². The summed E-state index contributed by atoms with van der Waals surface area (Å²) in [4.78, 5) is 25.8. The highest BCUT2D eigenvalue weighted by Crippen LogP contribution is 2.59. The van der Waals surface area contributed by atoms with E-state index in [1.54, 1.807) is 7.11 Å². The SMILES string of the molecule is COC1C(OC(=O)NC(=O)CSc2cc[n+](C)cc2)CCC2(CO2)C1C1(C)OC1CC=C(C)C. The van der Waals surface area contributed by atoms with E-state index in [2.05, 4.69) is 32.2 Å². The molecule has 1 spiro atoms. The maximum Gasteiger partial charge on any atom is 0.414 e. The Hall–Kier alpha value is -1.94. The third kappa shape index (κ3) is 5.48. The van der Waals surface area contributed by atoms with Gasteiger partial charge in [-0.25, -0.2) is 9.36 Å². The predicted molar refractivity (Wildman–Crippen MR) is 126 cm³/mol. The second-order valence-corrected chi connectivity index (χ2v) is 10.9. The number of aryl methyl sites for hydroxylation is 1. The van der Waals surface area contributed by atoms with Gasteiger partial charge in [-0.05, 0) is 40.0 Å². The van der Waals surface area contributed by atoms with Crippen LogP contribution in [0.3, 0.4) is 0 Å². The Morgan fingerprint density at radius 2 is 2.03 bits per heavy atom. The van der Waals surface area contributed by atoms with Gasteiger partial charge in [-0.3, -0.25) is 10.1 Å². The molecule has 3 fully saturated rings. The molecule has 186 valence electrons. The molecule has 0 radical (unpaired) electrons. The van der Waals surface area contributed by atoms with Crippen molar-refractivity contribution < 1.29 is 33.1 Å². The van der Waals surface area contributed by atoms with Crippen LogP contribution in [0.2, 0.25) is 0 Å². The number of rotatable bonds is 8. The Balaban J connectivity index is 1.34. The van der Waals surface area contributed by atoms with Crippen molar-refractivity contribution >= 4 is 23.8 Å². The van der Waals surface area contributed by atoms with Crippen LogP contribution in [0.5, 0.6) is 0 Å². The number of nitrogens with zero attached hydrogens (tertiary/aromatic N) is 1. The number of carbonyl (C=O) groups excluding carboxylic acids is 2. The minimum atomic E-state index is -0.744. The summed E-state index contributed by atoms with van der Waals surface area (Å²) < 4.78 is 25.6. The van der Waals surface area contributed by atoms with Crippen molar-refractivity contribution in [2.45, 2.75) is 74.4 Å². The topological polar surface area (TPSA) is 93.6 Å². The van der Waals surface area contributed by atoms with Crippen LogP contribution in [0.1, 0.15) is 40.0 Å². The third-order valence-corrected chi connectivity index (χ3v) is 8.07. The number of imide groups is 1. The molecule has 3 aliphatic rings. The summed E-state index contributed by atoms with van der Waals surface area (Å²) in [5.74, 6) is -0.331. The fourth-order valence-electron chi connectivity index (χ4n) is 5.12. The van der Waals surface area contributed by atoms with Gasteiger partial charge in [0, 0.05) is 24.1 Å². The zero-order valence-corrected chi connectivity index (χ0v) is 21.4.